The Morgan fingerprint density at radius 3 is 3.00 bits per heavy atom. The molecule has 3 nitrogen and oxygen atoms in total. The Bertz CT molecular complexity index is 331. The third-order valence-electron chi connectivity index (χ3n) is 3.09. The van der Waals surface area contributed by atoms with Gasteiger partial charge in [0.1, 0.15) is 0 Å². The highest BCUT2D eigenvalue weighted by Gasteiger charge is 2.23. The first-order valence-corrected chi connectivity index (χ1v) is 6.58. The molecule has 0 radical (unpaired) electrons. The van der Waals surface area contributed by atoms with Gasteiger partial charge in [-0.15, -0.1) is 12.4 Å². The van der Waals surface area contributed by atoms with Crippen molar-refractivity contribution in [2.75, 3.05) is 20.1 Å². The SMILES string of the molecule is CNCC1CCCN1Cc1ccc(Br)cn1.Cl. The molecule has 1 aromatic heterocycles. The van der Waals surface area contributed by atoms with Gasteiger partial charge in [-0.3, -0.25) is 9.88 Å². The van der Waals surface area contributed by atoms with Crippen molar-refractivity contribution in [1.82, 2.24) is 15.2 Å². The van der Waals surface area contributed by atoms with Crippen LogP contribution in [0.3, 0.4) is 0 Å². The molecule has 1 unspecified atom stereocenters. The van der Waals surface area contributed by atoms with E-state index in [0.29, 0.717) is 6.04 Å². The summed E-state index contributed by atoms with van der Waals surface area (Å²) in [4.78, 5) is 6.95. The second-order valence-electron chi connectivity index (χ2n) is 4.29. The monoisotopic (exact) mass is 319 g/mol. The van der Waals surface area contributed by atoms with E-state index in [9.17, 15) is 0 Å². The molecule has 0 bridgehead atoms. The summed E-state index contributed by atoms with van der Waals surface area (Å²) < 4.78 is 1.05. The highest BCUT2D eigenvalue weighted by Crippen LogP contribution is 2.19. The number of likely N-dealkylation sites (N-methyl/N-ethyl adjacent to an activating group) is 1. The number of nitrogens with one attached hydrogen (secondary N) is 1. The summed E-state index contributed by atoms with van der Waals surface area (Å²) in [5, 5.41) is 3.26. The molecule has 1 saturated heterocycles. The van der Waals surface area contributed by atoms with Gasteiger partial charge in [-0.2, -0.15) is 0 Å². The Labute approximate surface area is 118 Å². The fourth-order valence-electron chi connectivity index (χ4n) is 2.28. The fourth-order valence-corrected chi connectivity index (χ4v) is 2.51. The van der Waals surface area contributed by atoms with Gasteiger partial charge in [0.25, 0.3) is 0 Å². The number of hydrogen-bond acceptors (Lipinski definition) is 3. The van der Waals surface area contributed by atoms with Crippen molar-refractivity contribution in [3.63, 3.8) is 0 Å². The van der Waals surface area contributed by atoms with Gasteiger partial charge < -0.3 is 5.32 Å². The molecule has 2 heterocycles. The normalized spacial score (nSPS) is 20.2. The van der Waals surface area contributed by atoms with E-state index in [1.54, 1.807) is 0 Å². The van der Waals surface area contributed by atoms with Gasteiger partial charge >= 0.3 is 0 Å². The van der Waals surface area contributed by atoms with E-state index in [1.165, 1.54) is 19.4 Å². The number of aromatic nitrogens is 1. The van der Waals surface area contributed by atoms with Crippen LogP contribution in [-0.4, -0.2) is 36.1 Å². The standard InChI is InChI=1S/C12H18BrN3.ClH/c1-14-8-12-3-2-6-16(12)9-11-5-4-10(13)7-15-11;/h4-5,7,12,14H,2-3,6,8-9H2,1H3;1H. The van der Waals surface area contributed by atoms with Crippen molar-refractivity contribution in [3.05, 3.63) is 28.5 Å². The number of halogens is 2. The van der Waals surface area contributed by atoms with E-state index in [0.717, 1.165) is 23.3 Å². The summed E-state index contributed by atoms with van der Waals surface area (Å²) in [6.07, 6.45) is 4.48. The lowest BCUT2D eigenvalue weighted by atomic mass is 10.2. The van der Waals surface area contributed by atoms with Gasteiger partial charge in [0, 0.05) is 29.8 Å². The lowest BCUT2D eigenvalue weighted by Gasteiger charge is -2.23. The van der Waals surface area contributed by atoms with Crippen molar-refractivity contribution in [3.8, 4) is 0 Å². The Morgan fingerprint density at radius 1 is 1.53 bits per heavy atom. The van der Waals surface area contributed by atoms with Crippen molar-refractivity contribution in [1.29, 1.82) is 0 Å². The van der Waals surface area contributed by atoms with Crippen LogP contribution in [0.4, 0.5) is 0 Å². The van der Waals surface area contributed by atoms with Gasteiger partial charge in [0.15, 0.2) is 0 Å². The average Bonchev–Trinajstić information content (AvgIpc) is 2.70. The second-order valence-corrected chi connectivity index (χ2v) is 5.21. The van der Waals surface area contributed by atoms with Crippen LogP contribution in [0.15, 0.2) is 22.8 Å². The molecule has 0 saturated carbocycles. The molecule has 1 aliphatic heterocycles. The number of hydrogen-bond donors (Lipinski definition) is 1. The molecular weight excluding hydrogens is 302 g/mol. The highest BCUT2D eigenvalue weighted by atomic mass is 79.9. The molecule has 1 N–H and O–H groups in total. The molecule has 0 aromatic carbocycles. The third-order valence-corrected chi connectivity index (χ3v) is 3.56. The Hall–Kier alpha value is -0.160. The predicted octanol–water partition coefficient (Wildman–Crippen LogP) is 2.45. The molecule has 2 rings (SSSR count). The largest absolute Gasteiger partial charge is 0.318 e. The fraction of sp³-hybridized carbons (Fsp3) is 0.583. The molecule has 0 aliphatic carbocycles. The van der Waals surface area contributed by atoms with Crippen LogP contribution >= 0.6 is 28.3 Å². The molecule has 5 heteroatoms. The minimum atomic E-state index is 0. The van der Waals surface area contributed by atoms with Gasteiger partial charge in [0.2, 0.25) is 0 Å². The molecular formula is C12H19BrClN3. The zero-order valence-electron chi connectivity index (χ0n) is 10.0. The maximum Gasteiger partial charge on any atom is 0.0544 e. The molecule has 1 aliphatic rings. The Balaban J connectivity index is 0.00000144. The maximum absolute atomic E-state index is 4.43. The van der Waals surface area contributed by atoms with E-state index in [4.69, 9.17) is 0 Å². The van der Waals surface area contributed by atoms with Crippen LogP contribution in [0.5, 0.6) is 0 Å². The first-order chi connectivity index (χ1) is 7.79. The summed E-state index contributed by atoms with van der Waals surface area (Å²) in [7, 11) is 2.02. The molecule has 17 heavy (non-hydrogen) atoms. The van der Waals surface area contributed by atoms with E-state index in [-0.39, 0.29) is 12.4 Å². The smallest absolute Gasteiger partial charge is 0.0544 e. The second kappa shape index (κ2) is 7.31. The minimum absolute atomic E-state index is 0. The number of pyridine rings is 1. The van der Waals surface area contributed by atoms with Crippen molar-refractivity contribution in [2.24, 2.45) is 0 Å². The zero-order chi connectivity index (χ0) is 11.4. The van der Waals surface area contributed by atoms with E-state index < -0.39 is 0 Å². The number of nitrogens with zero attached hydrogens (tertiary/aromatic N) is 2. The maximum atomic E-state index is 4.43. The first-order valence-electron chi connectivity index (χ1n) is 5.78. The van der Waals surface area contributed by atoms with Crippen molar-refractivity contribution >= 4 is 28.3 Å². The molecule has 1 aromatic rings. The summed E-state index contributed by atoms with van der Waals surface area (Å²) in [5.74, 6) is 0. The lowest BCUT2D eigenvalue weighted by molar-refractivity contribution is 0.239. The van der Waals surface area contributed by atoms with Crippen LogP contribution in [-0.2, 0) is 6.54 Å². The average molecular weight is 321 g/mol. The number of rotatable bonds is 4. The highest BCUT2D eigenvalue weighted by molar-refractivity contribution is 9.10. The Kier molecular flexibility index (Phi) is 6.41. The molecule has 0 amide bonds. The predicted molar refractivity (Wildman–Crippen MR) is 76.5 cm³/mol. The zero-order valence-corrected chi connectivity index (χ0v) is 12.4. The van der Waals surface area contributed by atoms with E-state index in [1.807, 2.05) is 13.2 Å². The topological polar surface area (TPSA) is 28.2 Å². The molecule has 0 spiro atoms. The van der Waals surface area contributed by atoms with Crippen LogP contribution < -0.4 is 5.32 Å². The summed E-state index contributed by atoms with van der Waals surface area (Å²) in [6.45, 7) is 3.25. The van der Waals surface area contributed by atoms with E-state index in [2.05, 4.69) is 43.3 Å². The van der Waals surface area contributed by atoms with Gasteiger partial charge in [-0.1, -0.05) is 0 Å². The van der Waals surface area contributed by atoms with Crippen molar-refractivity contribution < 1.29 is 0 Å². The summed E-state index contributed by atoms with van der Waals surface area (Å²) in [5.41, 5.74) is 1.16. The molecule has 1 atom stereocenters. The van der Waals surface area contributed by atoms with Crippen LogP contribution in [0.25, 0.3) is 0 Å². The molecule has 96 valence electrons. The van der Waals surface area contributed by atoms with Gasteiger partial charge in [-0.05, 0) is 54.5 Å². The van der Waals surface area contributed by atoms with Gasteiger partial charge in [0.05, 0.1) is 5.69 Å². The van der Waals surface area contributed by atoms with Crippen molar-refractivity contribution in [2.45, 2.75) is 25.4 Å². The molecule has 1 fully saturated rings. The van der Waals surface area contributed by atoms with Crippen LogP contribution in [0, 0.1) is 0 Å². The minimum Gasteiger partial charge on any atom is -0.318 e. The first kappa shape index (κ1) is 14.9. The Morgan fingerprint density at radius 2 is 2.35 bits per heavy atom. The van der Waals surface area contributed by atoms with Crippen LogP contribution in [0.2, 0.25) is 0 Å². The summed E-state index contributed by atoms with van der Waals surface area (Å²) >= 11 is 3.41. The quantitative estimate of drug-likeness (QED) is 0.923. The number of likely N-dealkylation sites (tertiary alicyclic amines) is 1. The van der Waals surface area contributed by atoms with Crippen LogP contribution in [0.1, 0.15) is 18.5 Å². The summed E-state index contributed by atoms with van der Waals surface area (Å²) in [6, 6.07) is 4.83. The third kappa shape index (κ3) is 4.21. The van der Waals surface area contributed by atoms with Gasteiger partial charge in [-0.25, -0.2) is 0 Å². The van der Waals surface area contributed by atoms with E-state index >= 15 is 0 Å². The lowest BCUT2D eigenvalue weighted by Crippen LogP contribution is -2.36.